The van der Waals surface area contributed by atoms with E-state index in [0.717, 1.165) is 11.1 Å². The Labute approximate surface area is 210 Å². The molecule has 1 atom stereocenters. The second-order valence-corrected chi connectivity index (χ2v) is 9.67. The number of hydrogen-bond donors (Lipinski definition) is 3. The largest absolute Gasteiger partial charge is 0.457 e. The van der Waals surface area contributed by atoms with Gasteiger partial charge in [0.25, 0.3) is 5.91 Å². The van der Waals surface area contributed by atoms with Gasteiger partial charge < -0.3 is 25.2 Å². The fourth-order valence-corrected chi connectivity index (χ4v) is 3.19. The molecule has 0 aliphatic carbocycles. The molecule has 0 spiro atoms. The van der Waals surface area contributed by atoms with Crippen molar-refractivity contribution in [3.63, 3.8) is 0 Å². The number of carbonyl (C=O) groups excluding carboxylic acids is 2. The Morgan fingerprint density at radius 3 is 1.80 bits per heavy atom. The smallest absolute Gasteiger partial charge is 0.408 e. The topological polar surface area (TPSA) is 96.9 Å². The zero-order chi connectivity index (χ0) is 25.6. The Bertz CT molecular complexity index is 1160. The Balaban J connectivity index is 1.60. The molecule has 0 fully saturated rings. The standard InChI is InChI=1S/C27H29ClN2O5/c1-26(2,3)35-25(33)30-27(4,17-31)24(32)29-21-11-15-23(16-12-21)34-22-13-7-19(8-14-22)18-5-9-20(28)10-6-18/h5-16,31H,17H2,1-4H3,(H,29,32)(H,30,33). The normalized spacial score (nSPS) is 12.9. The summed E-state index contributed by atoms with van der Waals surface area (Å²) in [6.07, 6.45) is -0.796. The van der Waals surface area contributed by atoms with Gasteiger partial charge in [0.1, 0.15) is 22.6 Å². The van der Waals surface area contributed by atoms with Crippen LogP contribution in [0, 0.1) is 0 Å². The number of amides is 2. The number of rotatable bonds is 7. The predicted molar refractivity (Wildman–Crippen MR) is 137 cm³/mol. The van der Waals surface area contributed by atoms with Crippen molar-refractivity contribution in [3.05, 3.63) is 77.8 Å². The molecule has 3 N–H and O–H groups in total. The van der Waals surface area contributed by atoms with Crippen LogP contribution in [-0.4, -0.2) is 34.9 Å². The number of nitrogens with one attached hydrogen (secondary N) is 2. The summed E-state index contributed by atoms with van der Waals surface area (Å²) in [7, 11) is 0. The number of alkyl carbamates (subject to hydrolysis) is 1. The van der Waals surface area contributed by atoms with Gasteiger partial charge in [-0.15, -0.1) is 0 Å². The van der Waals surface area contributed by atoms with E-state index in [1.165, 1.54) is 6.92 Å². The molecular formula is C27H29ClN2O5. The molecule has 3 rings (SSSR count). The number of carbonyl (C=O) groups is 2. The van der Waals surface area contributed by atoms with E-state index in [0.29, 0.717) is 22.2 Å². The average molecular weight is 497 g/mol. The van der Waals surface area contributed by atoms with Gasteiger partial charge in [-0.2, -0.15) is 0 Å². The lowest BCUT2D eigenvalue weighted by atomic mass is 10.0. The van der Waals surface area contributed by atoms with Crippen LogP contribution in [0.1, 0.15) is 27.7 Å². The first-order chi connectivity index (χ1) is 16.5. The van der Waals surface area contributed by atoms with Crippen LogP contribution < -0.4 is 15.4 Å². The number of aliphatic hydroxyl groups excluding tert-OH is 1. The minimum atomic E-state index is -1.57. The average Bonchev–Trinajstić information content (AvgIpc) is 2.80. The first-order valence-electron chi connectivity index (χ1n) is 11.0. The Morgan fingerprint density at radius 1 is 0.829 bits per heavy atom. The van der Waals surface area contributed by atoms with Gasteiger partial charge in [0.15, 0.2) is 0 Å². The van der Waals surface area contributed by atoms with Crippen molar-refractivity contribution in [3.8, 4) is 22.6 Å². The van der Waals surface area contributed by atoms with Crippen LogP contribution in [0.3, 0.4) is 0 Å². The molecule has 7 nitrogen and oxygen atoms in total. The van der Waals surface area contributed by atoms with Crippen molar-refractivity contribution in [2.24, 2.45) is 0 Å². The molecule has 8 heteroatoms. The Kier molecular flexibility index (Phi) is 8.04. The fraction of sp³-hybridized carbons (Fsp3) is 0.259. The molecule has 1 unspecified atom stereocenters. The number of anilines is 1. The molecule has 0 saturated carbocycles. The molecule has 35 heavy (non-hydrogen) atoms. The minimum absolute atomic E-state index is 0.478. The zero-order valence-electron chi connectivity index (χ0n) is 20.1. The minimum Gasteiger partial charge on any atom is -0.457 e. The Morgan fingerprint density at radius 2 is 1.31 bits per heavy atom. The maximum atomic E-state index is 12.7. The highest BCUT2D eigenvalue weighted by molar-refractivity contribution is 6.30. The van der Waals surface area contributed by atoms with Gasteiger partial charge in [-0.3, -0.25) is 4.79 Å². The molecule has 2 amide bonds. The van der Waals surface area contributed by atoms with E-state index in [-0.39, 0.29) is 0 Å². The number of hydrogen-bond acceptors (Lipinski definition) is 5. The van der Waals surface area contributed by atoms with Crippen LogP contribution in [0.25, 0.3) is 11.1 Å². The lowest BCUT2D eigenvalue weighted by Crippen LogP contribution is -2.58. The molecule has 0 heterocycles. The van der Waals surface area contributed by atoms with E-state index >= 15 is 0 Å². The fourth-order valence-electron chi connectivity index (χ4n) is 3.07. The quantitative estimate of drug-likeness (QED) is 0.372. The van der Waals surface area contributed by atoms with Crippen LogP contribution in [0.15, 0.2) is 72.8 Å². The maximum absolute atomic E-state index is 12.7. The first kappa shape index (κ1) is 26.1. The van der Waals surface area contributed by atoms with Gasteiger partial charge >= 0.3 is 6.09 Å². The van der Waals surface area contributed by atoms with Gasteiger partial charge in [-0.1, -0.05) is 35.9 Å². The first-order valence-corrected chi connectivity index (χ1v) is 11.4. The molecule has 0 aliphatic heterocycles. The monoisotopic (exact) mass is 496 g/mol. The van der Waals surface area contributed by atoms with Gasteiger partial charge in [0.2, 0.25) is 0 Å². The van der Waals surface area contributed by atoms with Gasteiger partial charge in [-0.25, -0.2) is 4.79 Å². The summed E-state index contributed by atoms with van der Waals surface area (Å²) in [6, 6.07) is 22.0. The number of ether oxygens (including phenoxy) is 2. The number of aliphatic hydroxyl groups is 1. The second-order valence-electron chi connectivity index (χ2n) is 9.23. The molecule has 0 radical (unpaired) electrons. The Hall–Kier alpha value is -3.55. The SMILES string of the molecule is CC(C)(C)OC(=O)NC(C)(CO)C(=O)Nc1ccc(Oc2ccc(-c3ccc(Cl)cc3)cc2)cc1. The van der Waals surface area contributed by atoms with Crippen molar-refractivity contribution >= 4 is 29.3 Å². The highest BCUT2D eigenvalue weighted by Crippen LogP contribution is 2.27. The van der Waals surface area contributed by atoms with Crippen LogP contribution in [0.5, 0.6) is 11.5 Å². The van der Waals surface area contributed by atoms with E-state index in [2.05, 4.69) is 10.6 Å². The second kappa shape index (κ2) is 10.8. The summed E-state index contributed by atoms with van der Waals surface area (Å²) in [6.45, 7) is 5.93. The highest BCUT2D eigenvalue weighted by atomic mass is 35.5. The van der Waals surface area contributed by atoms with Crippen LogP contribution >= 0.6 is 11.6 Å². The summed E-state index contributed by atoms with van der Waals surface area (Å²) in [4.78, 5) is 24.8. The number of benzene rings is 3. The van der Waals surface area contributed by atoms with Crippen molar-refractivity contribution in [1.29, 1.82) is 0 Å². The van der Waals surface area contributed by atoms with Crippen LogP contribution in [-0.2, 0) is 9.53 Å². The van der Waals surface area contributed by atoms with Crippen molar-refractivity contribution in [2.75, 3.05) is 11.9 Å². The molecule has 0 bridgehead atoms. The van der Waals surface area contributed by atoms with Gasteiger partial charge in [-0.05, 0) is 87.4 Å². The lowest BCUT2D eigenvalue weighted by molar-refractivity contribution is -0.123. The van der Waals surface area contributed by atoms with Crippen molar-refractivity contribution < 1.29 is 24.2 Å². The van der Waals surface area contributed by atoms with Gasteiger partial charge in [0.05, 0.1) is 6.61 Å². The molecule has 3 aromatic carbocycles. The molecule has 3 aromatic rings. The molecule has 184 valence electrons. The summed E-state index contributed by atoms with van der Waals surface area (Å²) < 4.78 is 11.1. The summed E-state index contributed by atoms with van der Waals surface area (Å²) in [5, 5.41) is 15.5. The van der Waals surface area contributed by atoms with Crippen molar-refractivity contribution in [2.45, 2.75) is 38.8 Å². The van der Waals surface area contributed by atoms with E-state index in [1.807, 2.05) is 48.5 Å². The van der Waals surface area contributed by atoms with Gasteiger partial charge in [0, 0.05) is 10.7 Å². The third-order valence-corrected chi connectivity index (χ3v) is 5.23. The van der Waals surface area contributed by atoms with Crippen molar-refractivity contribution in [1.82, 2.24) is 5.32 Å². The van der Waals surface area contributed by atoms with Crippen LogP contribution in [0.4, 0.5) is 10.5 Å². The molecule has 0 aromatic heterocycles. The summed E-state index contributed by atoms with van der Waals surface area (Å²) in [5.41, 5.74) is 0.272. The van der Waals surface area contributed by atoms with E-state index in [9.17, 15) is 14.7 Å². The number of halogens is 1. The molecule has 0 saturated heterocycles. The lowest BCUT2D eigenvalue weighted by Gasteiger charge is -2.29. The van der Waals surface area contributed by atoms with E-state index in [4.69, 9.17) is 21.1 Å². The predicted octanol–water partition coefficient (Wildman–Crippen LogP) is 6.01. The van der Waals surface area contributed by atoms with E-state index in [1.54, 1.807) is 45.0 Å². The molecular weight excluding hydrogens is 468 g/mol. The maximum Gasteiger partial charge on any atom is 0.408 e. The summed E-state index contributed by atoms with van der Waals surface area (Å²) in [5.74, 6) is 0.658. The zero-order valence-corrected chi connectivity index (χ0v) is 20.8. The van der Waals surface area contributed by atoms with Crippen LogP contribution in [0.2, 0.25) is 5.02 Å². The molecule has 0 aliphatic rings. The summed E-state index contributed by atoms with van der Waals surface area (Å²) >= 11 is 5.95. The third kappa shape index (κ3) is 7.47. The van der Waals surface area contributed by atoms with E-state index < -0.39 is 29.7 Å². The third-order valence-electron chi connectivity index (χ3n) is 4.97. The highest BCUT2D eigenvalue weighted by Gasteiger charge is 2.36.